The maximum absolute atomic E-state index is 11.4. The number of carbonyl (C=O) groups is 2. The number of carbonyl (C=O) groups excluding carboxylic acids is 1. The van der Waals surface area contributed by atoms with E-state index < -0.39 is 12.6 Å². The summed E-state index contributed by atoms with van der Waals surface area (Å²) in [6.45, 7) is 1.39. The first-order valence-corrected chi connectivity index (χ1v) is 5.68. The fourth-order valence-electron chi connectivity index (χ4n) is 2.10. The highest BCUT2D eigenvalue weighted by atomic mass is 16.5. The maximum atomic E-state index is 11.4. The van der Waals surface area contributed by atoms with E-state index in [1.807, 2.05) is 6.92 Å². The molecule has 0 spiro atoms. The quantitative estimate of drug-likeness (QED) is 0.705. The maximum Gasteiger partial charge on any atom is 0.329 e. The van der Waals surface area contributed by atoms with Gasteiger partial charge in [0.05, 0.1) is 0 Å². The second-order valence-electron chi connectivity index (χ2n) is 4.29. The highest BCUT2D eigenvalue weighted by molar-refractivity contribution is 5.78. The van der Waals surface area contributed by atoms with Crippen molar-refractivity contribution in [1.29, 1.82) is 0 Å². The average molecular weight is 229 g/mol. The Labute approximate surface area is 95.2 Å². The van der Waals surface area contributed by atoms with E-state index in [-0.39, 0.29) is 18.6 Å². The van der Waals surface area contributed by atoms with Crippen LogP contribution in [0.25, 0.3) is 0 Å². The molecule has 5 heteroatoms. The smallest absolute Gasteiger partial charge is 0.329 e. The lowest BCUT2D eigenvalue weighted by Crippen LogP contribution is -2.39. The van der Waals surface area contributed by atoms with Crippen LogP contribution in [0.5, 0.6) is 0 Å². The Kier molecular flexibility index (Phi) is 5.25. The van der Waals surface area contributed by atoms with Crippen LogP contribution in [0.4, 0.5) is 0 Å². The van der Waals surface area contributed by atoms with E-state index in [2.05, 4.69) is 5.32 Å². The van der Waals surface area contributed by atoms with Gasteiger partial charge in [0.25, 0.3) is 0 Å². The molecule has 2 N–H and O–H groups in total. The summed E-state index contributed by atoms with van der Waals surface area (Å²) in [4.78, 5) is 21.5. The predicted octanol–water partition coefficient (Wildman–Crippen LogP) is 0.782. The number of rotatable bonds is 6. The Morgan fingerprint density at radius 2 is 2.00 bits per heavy atom. The molecule has 1 atom stereocenters. The predicted molar refractivity (Wildman–Crippen MR) is 58.0 cm³/mol. The van der Waals surface area contributed by atoms with Crippen LogP contribution in [0.15, 0.2) is 0 Å². The highest BCUT2D eigenvalue weighted by Gasteiger charge is 2.22. The van der Waals surface area contributed by atoms with Gasteiger partial charge in [0.15, 0.2) is 0 Å². The molecule has 1 rings (SSSR count). The third-order valence-corrected chi connectivity index (χ3v) is 2.95. The second-order valence-corrected chi connectivity index (χ2v) is 4.29. The van der Waals surface area contributed by atoms with Gasteiger partial charge in [-0.1, -0.05) is 12.8 Å². The molecule has 0 aromatic heterocycles. The van der Waals surface area contributed by atoms with E-state index in [0.717, 1.165) is 12.8 Å². The van der Waals surface area contributed by atoms with Gasteiger partial charge in [-0.15, -0.1) is 0 Å². The molecular formula is C11H19NO4. The van der Waals surface area contributed by atoms with Gasteiger partial charge in [0.2, 0.25) is 5.91 Å². The molecule has 16 heavy (non-hydrogen) atoms. The van der Waals surface area contributed by atoms with Gasteiger partial charge in [-0.25, -0.2) is 4.79 Å². The molecular weight excluding hydrogens is 210 g/mol. The van der Waals surface area contributed by atoms with Crippen molar-refractivity contribution in [3.05, 3.63) is 0 Å². The molecule has 5 nitrogen and oxygen atoms in total. The fourth-order valence-corrected chi connectivity index (χ4v) is 2.10. The monoisotopic (exact) mass is 229 g/mol. The molecule has 0 aromatic carbocycles. The molecule has 1 amide bonds. The van der Waals surface area contributed by atoms with Crippen LogP contribution < -0.4 is 5.32 Å². The topological polar surface area (TPSA) is 75.6 Å². The van der Waals surface area contributed by atoms with Crippen molar-refractivity contribution < 1.29 is 19.4 Å². The van der Waals surface area contributed by atoms with E-state index in [4.69, 9.17) is 9.84 Å². The van der Waals surface area contributed by atoms with Crippen LogP contribution in [-0.2, 0) is 14.3 Å². The SMILES string of the molecule is C[C@H](NC(=O)COCC(=O)O)C1CCCC1. The van der Waals surface area contributed by atoms with Crippen molar-refractivity contribution in [1.82, 2.24) is 5.32 Å². The Bertz CT molecular complexity index is 248. The summed E-state index contributed by atoms with van der Waals surface area (Å²) in [6, 6.07) is 0.156. The summed E-state index contributed by atoms with van der Waals surface area (Å²) in [5.74, 6) is -0.735. The van der Waals surface area contributed by atoms with Crippen LogP contribution in [0.1, 0.15) is 32.6 Å². The number of amides is 1. The van der Waals surface area contributed by atoms with Crippen molar-refractivity contribution in [2.24, 2.45) is 5.92 Å². The molecule has 0 bridgehead atoms. The number of carboxylic acids is 1. The van der Waals surface area contributed by atoms with Gasteiger partial charge in [0.1, 0.15) is 13.2 Å². The van der Waals surface area contributed by atoms with E-state index >= 15 is 0 Å². The van der Waals surface area contributed by atoms with Gasteiger partial charge in [0, 0.05) is 6.04 Å². The zero-order chi connectivity index (χ0) is 12.0. The zero-order valence-electron chi connectivity index (χ0n) is 9.57. The van der Waals surface area contributed by atoms with E-state index in [0.29, 0.717) is 5.92 Å². The molecule has 0 radical (unpaired) electrons. The highest BCUT2D eigenvalue weighted by Crippen LogP contribution is 2.27. The Balaban J connectivity index is 2.15. The first kappa shape index (κ1) is 13.0. The van der Waals surface area contributed by atoms with Gasteiger partial charge in [-0.05, 0) is 25.7 Å². The average Bonchev–Trinajstić information content (AvgIpc) is 2.69. The molecule has 0 unspecified atom stereocenters. The Morgan fingerprint density at radius 1 is 1.38 bits per heavy atom. The van der Waals surface area contributed by atoms with Gasteiger partial charge in [-0.3, -0.25) is 4.79 Å². The first-order chi connectivity index (χ1) is 7.59. The van der Waals surface area contributed by atoms with Crippen molar-refractivity contribution in [3.63, 3.8) is 0 Å². The number of hydrogen-bond acceptors (Lipinski definition) is 3. The van der Waals surface area contributed by atoms with Crippen LogP contribution >= 0.6 is 0 Å². The fraction of sp³-hybridized carbons (Fsp3) is 0.818. The van der Waals surface area contributed by atoms with Crippen LogP contribution in [0.3, 0.4) is 0 Å². The van der Waals surface area contributed by atoms with Crippen molar-refractivity contribution in [2.45, 2.75) is 38.6 Å². The van der Waals surface area contributed by atoms with Crippen LogP contribution in [0, 0.1) is 5.92 Å². The largest absolute Gasteiger partial charge is 0.480 e. The minimum absolute atomic E-state index is 0.156. The third-order valence-electron chi connectivity index (χ3n) is 2.95. The van der Waals surface area contributed by atoms with Crippen molar-refractivity contribution >= 4 is 11.9 Å². The lowest BCUT2D eigenvalue weighted by molar-refractivity contribution is -0.143. The lowest BCUT2D eigenvalue weighted by atomic mass is 10.00. The molecule has 1 fully saturated rings. The van der Waals surface area contributed by atoms with Gasteiger partial charge >= 0.3 is 5.97 Å². The lowest BCUT2D eigenvalue weighted by Gasteiger charge is -2.20. The minimum Gasteiger partial charge on any atom is -0.480 e. The van der Waals surface area contributed by atoms with E-state index in [1.165, 1.54) is 12.8 Å². The Morgan fingerprint density at radius 3 is 2.56 bits per heavy atom. The van der Waals surface area contributed by atoms with Gasteiger partial charge in [-0.2, -0.15) is 0 Å². The number of hydrogen-bond donors (Lipinski definition) is 2. The molecule has 0 aromatic rings. The third kappa shape index (κ3) is 4.61. The summed E-state index contributed by atoms with van der Waals surface area (Å²) in [6.07, 6.45) is 4.80. The standard InChI is InChI=1S/C11H19NO4/c1-8(9-4-2-3-5-9)12-10(13)6-16-7-11(14)15/h8-9H,2-7H2,1H3,(H,12,13)(H,14,15)/t8-/m0/s1. The van der Waals surface area contributed by atoms with Crippen LogP contribution in [0.2, 0.25) is 0 Å². The molecule has 1 aliphatic rings. The van der Waals surface area contributed by atoms with Crippen molar-refractivity contribution in [3.8, 4) is 0 Å². The second kappa shape index (κ2) is 6.48. The first-order valence-electron chi connectivity index (χ1n) is 5.68. The van der Waals surface area contributed by atoms with Gasteiger partial charge < -0.3 is 15.2 Å². The molecule has 0 saturated heterocycles. The summed E-state index contributed by atoms with van der Waals surface area (Å²) in [5.41, 5.74) is 0. The molecule has 92 valence electrons. The summed E-state index contributed by atoms with van der Waals surface area (Å²) in [5, 5.41) is 11.2. The number of carboxylic acid groups (broad SMARTS) is 1. The minimum atomic E-state index is -1.06. The summed E-state index contributed by atoms with van der Waals surface area (Å²) in [7, 11) is 0. The molecule has 1 saturated carbocycles. The number of aliphatic carboxylic acids is 1. The van der Waals surface area contributed by atoms with E-state index in [9.17, 15) is 9.59 Å². The number of nitrogens with one attached hydrogen (secondary N) is 1. The Hall–Kier alpha value is -1.10. The number of ether oxygens (including phenoxy) is 1. The summed E-state index contributed by atoms with van der Waals surface area (Å²) < 4.78 is 4.71. The van der Waals surface area contributed by atoms with Crippen LogP contribution in [-0.4, -0.2) is 36.2 Å². The molecule has 1 aliphatic carbocycles. The van der Waals surface area contributed by atoms with E-state index in [1.54, 1.807) is 0 Å². The molecule has 0 aliphatic heterocycles. The normalized spacial score (nSPS) is 18.3. The molecule has 0 heterocycles. The zero-order valence-corrected chi connectivity index (χ0v) is 9.57. The van der Waals surface area contributed by atoms with Crippen molar-refractivity contribution in [2.75, 3.05) is 13.2 Å². The summed E-state index contributed by atoms with van der Waals surface area (Å²) >= 11 is 0.